The lowest BCUT2D eigenvalue weighted by molar-refractivity contribution is -0.385. The largest absolute Gasteiger partial charge is 0.457 e. The summed E-state index contributed by atoms with van der Waals surface area (Å²) in [5, 5.41) is 10.8. The fraction of sp³-hybridized carbons (Fsp3) is 0.0714. The van der Waals surface area contributed by atoms with Gasteiger partial charge in [-0.3, -0.25) is 14.9 Å². The summed E-state index contributed by atoms with van der Waals surface area (Å²) >= 11 is 3.32. The number of hydrogen-bond acceptors (Lipinski definition) is 4. The average molecular weight is 336 g/mol. The van der Waals surface area contributed by atoms with Crippen LogP contribution in [0.2, 0.25) is 0 Å². The maximum atomic E-state index is 11.5. The second kappa shape index (κ2) is 5.83. The lowest BCUT2D eigenvalue weighted by atomic mass is 10.1. The van der Waals surface area contributed by atoms with E-state index >= 15 is 0 Å². The van der Waals surface area contributed by atoms with E-state index in [0.29, 0.717) is 11.5 Å². The van der Waals surface area contributed by atoms with Crippen LogP contribution in [-0.4, -0.2) is 10.7 Å². The minimum absolute atomic E-state index is 0.0301. The van der Waals surface area contributed by atoms with E-state index in [0.717, 1.165) is 4.47 Å². The molecule has 0 N–H and O–H groups in total. The van der Waals surface area contributed by atoms with Crippen LogP contribution in [0.4, 0.5) is 5.69 Å². The number of nitrogens with zero attached hydrogens (tertiary/aromatic N) is 1. The van der Waals surface area contributed by atoms with E-state index in [1.165, 1.54) is 25.1 Å². The Labute approximate surface area is 123 Å². The number of halogens is 1. The smallest absolute Gasteiger partial charge is 0.280 e. The third kappa shape index (κ3) is 3.21. The zero-order valence-electron chi connectivity index (χ0n) is 10.5. The molecule has 0 saturated carbocycles. The highest BCUT2D eigenvalue weighted by Gasteiger charge is 2.18. The number of benzene rings is 2. The van der Waals surface area contributed by atoms with Gasteiger partial charge in [-0.2, -0.15) is 0 Å². The molecule has 2 aromatic carbocycles. The number of nitro groups is 1. The lowest BCUT2D eigenvalue weighted by Gasteiger charge is -2.07. The van der Waals surface area contributed by atoms with Crippen molar-refractivity contribution in [2.75, 3.05) is 0 Å². The first kappa shape index (κ1) is 14.2. The van der Waals surface area contributed by atoms with Crippen molar-refractivity contribution < 1.29 is 14.5 Å². The highest BCUT2D eigenvalue weighted by molar-refractivity contribution is 9.10. The van der Waals surface area contributed by atoms with Gasteiger partial charge in [0.05, 0.1) is 10.5 Å². The summed E-state index contributed by atoms with van der Waals surface area (Å²) in [5.74, 6) is 0.568. The van der Waals surface area contributed by atoms with Gasteiger partial charge in [-0.15, -0.1) is 0 Å². The van der Waals surface area contributed by atoms with Crippen LogP contribution in [0.1, 0.15) is 17.3 Å². The molecule has 0 heterocycles. The van der Waals surface area contributed by atoms with Crippen molar-refractivity contribution in [2.24, 2.45) is 0 Å². The highest BCUT2D eigenvalue weighted by atomic mass is 79.9. The van der Waals surface area contributed by atoms with Crippen molar-refractivity contribution in [3.63, 3.8) is 0 Å². The minimum atomic E-state index is -0.584. The van der Waals surface area contributed by atoms with E-state index in [-0.39, 0.29) is 17.0 Å². The molecule has 0 amide bonds. The molecule has 0 aliphatic rings. The number of Topliss-reactive ketones (excluding diaryl/α,β-unsaturated/α-hetero) is 1. The molecule has 0 spiro atoms. The third-order valence-electron chi connectivity index (χ3n) is 2.58. The van der Waals surface area contributed by atoms with Gasteiger partial charge in [0.15, 0.2) is 5.78 Å². The van der Waals surface area contributed by atoms with E-state index in [2.05, 4.69) is 15.9 Å². The quantitative estimate of drug-likeness (QED) is 0.473. The van der Waals surface area contributed by atoms with Gasteiger partial charge in [0.25, 0.3) is 5.69 Å². The van der Waals surface area contributed by atoms with E-state index < -0.39 is 4.92 Å². The minimum Gasteiger partial charge on any atom is -0.457 e. The van der Waals surface area contributed by atoms with Crippen LogP contribution < -0.4 is 4.74 Å². The van der Waals surface area contributed by atoms with E-state index in [1.807, 2.05) is 6.07 Å². The second-order valence-corrected chi connectivity index (χ2v) is 4.97. The SMILES string of the molecule is CC(=O)c1cc(Oc2cccc(Br)c2)ccc1[N+](=O)[O-]. The summed E-state index contributed by atoms with van der Waals surface area (Å²) in [7, 11) is 0. The van der Waals surface area contributed by atoms with Gasteiger partial charge in [0, 0.05) is 10.5 Å². The van der Waals surface area contributed by atoms with Gasteiger partial charge >= 0.3 is 0 Å². The summed E-state index contributed by atoms with van der Waals surface area (Å²) < 4.78 is 6.43. The normalized spacial score (nSPS) is 10.1. The molecule has 0 aromatic heterocycles. The predicted octanol–water partition coefficient (Wildman–Crippen LogP) is 4.35. The van der Waals surface area contributed by atoms with Gasteiger partial charge in [-0.05, 0) is 37.3 Å². The van der Waals surface area contributed by atoms with Crippen molar-refractivity contribution in [2.45, 2.75) is 6.92 Å². The molecule has 0 fully saturated rings. The van der Waals surface area contributed by atoms with Crippen molar-refractivity contribution in [3.8, 4) is 11.5 Å². The molecule has 2 rings (SSSR count). The van der Waals surface area contributed by atoms with Crippen LogP contribution >= 0.6 is 15.9 Å². The Morgan fingerprint density at radius 3 is 2.50 bits per heavy atom. The van der Waals surface area contributed by atoms with Crippen LogP contribution in [0.5, 0.6) is 11.5 Å². The summed E-state index contributed by atoms with van der Waals surface area (Å²) in [6.07, 6.45) is 0. The number of hydrogen-bond donors (Lipinski definition) is 0. The molecule has 102 valence electrons. The van der Waals surface area contributed by atoms with Crippen molar-refractivity contribution in [1.29, 1.82) is 0 Å². The van der Waals surface area contributed by atoms with E-state index in [4.69, 9.17) is 4.74 Å². The molecule has 0 aliphatic heterocycles. The van der Waals surface area contributed by atoms with Crippen LogP contribution in [-0.2, 0) is 0 Å². The molecule has 5 nitrogen and oxygen atoms in total. The first-order valence-electron chi connectivity index (χ1n) is 5.70. The first-order valence-corrected chi connectivity index (χ1v) is 6.49. The van der Waals surface area contributed by atoms with Gasteiger partial charge in [-0.25, -0.2) is 0 Å². The molecular formula is C14H10BrNO4. The summed E-state index contributed by atoms with van der Waals surface area (Å²) in [4.78, 5) is 21.7. The number of carbonyl (C=O) groups excluding carboxylic acids is 1. The zero-order valence-corrected chi connectivity index (χ0v) is 12.1. The van der Waals surface area contributed by atoms with Crippen molar-refractivity contribution >= 4 is 27.4 Å². The number of ether oxygens (including phenoxy) is 1. The fourth-order valence-corrected chi connectivity index (χ4v) is 2.06. The third-order valence-corrected chi connectivity index (χ3v) is 3.07. The summed E-state index contributed by atoms with van der Waals surface area (Å²) in [6, 6.07) is 11.3. The van der Waals surface area contributed by atoms with Gasteiger partial charge < -0.3 is 4.74 Å². The van der Waals surface area contributed by atoms with E-state index in [1.54, 1.807) is 18.2 Å². The lowest BCUT2D eigenvalue weighted by Crippen LogP contribution is -2.00. The van der Waals surface area contributed by atoms with Gasteiger partial charge in [0.2, 0.25) is 0 Å². The molecule has 20 heavy (non-hydrogen) atoms. The highest BCUT2D eigenvalue weighted by Crippen LogP contribution is 2.29. The molecule has 2 aromatic rings. The average Bonchev–Trinajstić information content (AvgIpc) is 2.38. The number of ketones is 1. The van der Waals surface area contributed by atoms with Crippen LogP contribution in [0.25, 0.3) is 0 Å². The van der Waals surface area contributed by atoms with Gasteiger partial charge in [-0.1, -0.05) is 22.0 Å². The van der Waals surface area contributed by atoms with Crippen molar-refractivity contribution in [1.82, 2.24) is 0 Å². The first-order chi connectivity index (χ1) is 9.47. The molecule has 0 unspecified atom stereocenters. The molecule has 0 radical (unpaired) electrons. The monoisotopic (exact) mass is 335 g/mol. The number of carbonyl (C=O) groups is 1. The molecule has 6 heteroatoms. The Morgan fingerprint density at radius 2 is 1.90 bits per heavy atom. The second-order valence-electron chi connectivity index (χ2n) is 4.05. The topological polar surface area (TPSA) is 69.4 Å². The fourth-order valence-electron chi connectivity index (χ4n) is 1.69. The molecule has 0 bridgehead atoms. The Hall–Kier alpha value is -2.21. The Balaban J connectivity index is 2.36. The molecule has 0 atom stereocenters. The van der Waals surface area contributed by atoms with Crippen molar-refractivity contribution in [3.05, 3.63) is 62.6 Å². The van der Waals surface area contributed by atoms with Gasteiger partial charge in [0.1, 0.15) is 11.5 Å². The Morgan fingerprint density at radius 1 is 1.20 bits per heavy atom. The summed E-state index contributed by atoms with van der Waals surface area (Å²) in [5.41, 5.74) is -0.193. The number of rotatable bonds is 4. The zero-order chi connectivity index (χ0) is 14.7. The summed E-state index contributed by atoms with van der Waals surface area (Å²) in [6.45, 7) is 1.28. The maximum Gasteiger partial charge on any atom is 0.280 e. The van der Waals surface area contributed by atoms with E-state index in [9.17, 15) is 14.9 Å². The standard InChI is InChI=1S/C14H10BrNO4/c1-9(17)13-8-12(5-6-14(13)16(18)19)20-11-4-2-3-10(15)7-11/h2-8H,1H3. The Kier molecular flexibility index (Phi) is 4.14. The molecule has 0 saturated heterocycles. The molecule has 0 aliphatic carbocycles. The number of nitro benzene ring substituents is 1. The van der Waals surface area contributed by atoms with Crippen LogP contribution in [0.15, 0.2) is 46.9 Å². The van der Waals surface area contributed by atoms with Crippen LogP contribution in [0.3, 0.4) is 0 Å². The Bertz CT molecular complexity index is 685. The predicted molar refractivity (Wildman–Crippen MR) is 77.3 cm³/mol. The molecular weight excluding hydrogens is 326 g/mol. The maximum absolute atomic E-state index is 11.5. The van der Waals surface area contributed by atoms with Crippen LogP contribution in [0, 0.1) is 10.1 Å².